The molecule has 0 amide bonds. The van der Waals surface area contributed by atoms with Crippen LogP contribution in [0.3, 0.4) is 0 Å². The fraction of sp³-hybridized carbons (Fsp3) is 0.581. The first-order valence-corrected chi connectivity index (χ1v) is 13.5. The number of hydrogen-bond acceptors (Lipinski definition) is 6. The summed E-state index contributed by atoms with van der Waals surface area (Å²) in [5.41, 5.74) is 2.04. The molecule has 5 atom stereocenters. The molecule has 0 aromatic heterocycles. The van der Waals surface area contributed by atoms with Gasteiger partial charge in [-0.25, -0.2) is 0 Å². The van der Waals surface area contributed by atoms with Gasteiger partial charge in [0.2, 0.25) is 0 Å². The monoisotopic (exact) mass is 506 g/mol. The maximum atomic E-state index is 13.0. The molecule has 0 aliphatic heterocycles. The van der Waals surface area contributed by atoms with Crippen molar-refractivity contribution in [2.75, 3.05) is 7.11 Å². The van der Waals surface area contributed by atoms with Crippen molar-refractivity contribution >= 4 is 28.7 Å². The second-order valence-electron chi connectivity index (χ2n) is 12.2. The minimum atomic E-state index is -0.450. The average Bonchev–Trinajstić information content (AvgIpc) is 2.83. The maximum absolute atomic E-state index is 13.0. The number of esters is 3. The number of rotatable bonds is 3. The summed E-state index contributed by atoms with van der Waals surface area (Å²) in [5.74, 6) is 0.811. The van der Waals surface area contributed by atoms with Gasteiger partial charge in [0.1, 0.15) is 11.5 Å². The summed E-state index contributed by atoms with van der Waals surface area (Å²) in [7, 11) is 1.51. The predicted octanol–water partition coefficient (Wildman–Crippen LogP) is 6.29. The third-order valence-electron chi connectivity index (χ3n) is 10.1. The molecule has 5 rings (SSSR count). The van der Waals surface area contributed by atoms with Crippen LogP contribution in [-0.2, 0) is 31.0 Å². The molecule has 2 fully saturated rings. The van der Waals surface area contributed by atoms with Crippen LogP contribution in [-0.4, -0.2) is 25.0 Å². The summed E-state index contributed by atoms with van der Waals surface area (Å²) in [6, 6.07) is 7.71. The van der Waals surface area contributed by atoms with E-state index in [1.54, 1.807) is 12.1 Å². The molecule has 0 radical (unpaired) electrons. The van der Waals surface area contributed by atoms with Crippen LogP contribution in [0.25, 0.3) is 10.8 Å². The van der Waals surface area contributed by atoms with Crippen LogP contribution in [0.15, 0.2) is 24.3 Å². The molecule has 0 heterocycles. The van der Waals surface area contributed by atoms with E-state index in [4.69, 9.17) is 14.2 Å². The summed E-state index contributed by atoms with van der Waals surface area (Å²) < 4.78 is 16.4. The number of hydrogen-bond donors (Lipinski definition) is 0. The second kappa shape index (κ2) is 8.85. The predicted molar refractivity (Wildman–Crippen MR) is 141 cm³/mol. The SMILES string of the molecule is COC(=O)[C@@]1(C)CCC[C@]2(C)[C@H]3CCc4cc5c(OC(C)=O)ccc(OC(C)=O)c5cc4[C@]3(C)CC[C@H]21. The van der Waals surface area contributed by atoms with Crippen molar-refractivity contribution in [3.05, 3.63) is 35.4 Å². The Labute approximate surface area is 219 Å². The molecule has 0 N–H and O–H groups in total. The molecule has 3 aliphatic rings. The normalized spacial score (nSPS) is 32.5. The topological polar surface area (TPSA) is 78.9 Å². The van der Waals surface area contributed by atoms with Gasteiger partial charge in [-0.2, -0.15) is 0 Å². The summed E-state index contributed by atoms with van der Waals surface area (Å²) in [6.45, 7) is 9.70. The number of aryl methyl sites for hydroxylation is 1. The van der Waals surface area contributed by atoms with E-state index in [9.17, 15) is 14.4 Å². The second-order valence-corrected chi connectivity index (χ2v) is 12.2. The number of benzene rings is 2. The molecular weight excluding hydrogens is 468 g/mol. The lowest BCUT2D eigenvalue weighted by Crippen LogP contribution is -2.59. The number of carbonyl (C=O) groups is 3. The van der Waals surface area contributed by atoms with E-state index >= 15 is 0 Å². The largest absolute Gasteiger partial charge is 0.469 e. The van der Waals surface area contributed by atoms with Crippen molar-refractivity contribution in [2.24, 2.45) is 22.7 Å². The fourth-order valence-electron chi connectivity index (χ4n) is 8.68. The molecular formula is C31H38O6. The summed E-state index contributed by atoms with van der Waals surface area (Å²) >= 11 is 0. The summed E-state index contributed by atoms with van der Waals surface area (Å²) in [5, 5.41) is 1.57. The van der Waals surface area contributed by atoms with Crippen LogP contribution < -0.4 is 9.47 Å². The summed E-state index contributed by atoms with van der Waals surface area (Å²) in [4.78, 5) is 36.7. The highest BCUT2D eigenvalue weighted by Crippen LogP contribution is 2.67. The van der Waals surface area contributed by atoms with Crippen LogP contribution in [0, 0.1) is 22.7 Å². The fourth-order valence-corrected chi connectivity index (χ4v) is 8.68. The standard InChI is InChI=1S/C31H38O6/c1-18(32)36-24-9-10-25(37-19(2)33)22-17-23-20(16-21(22)24)8-11-26-29(23,3)15-12-27-30(26,4)13-7-14-31(27,5)28(34)35-6/h9-10,16-17,26-27H,7-8,11-15H2,1-6H3/t26-,27+,29-,30+,31-/m0/s1. The van der Waals surface area contributed by atoms with E-state index in [-0.39, 0.29) is 34.7 Å². The van der Waals surface area contributed by atoms with Crippen molar-refractivity contribution < 1.29 is 28.6 Å². The molecule has 0 unspecified atom stereocenters. The minimum absolute atomic E-state index is 0.0269. The minimum Gasteiger partial charge on any atom is -0.469 e. The van der Waals surface area contributed by atoms with Gasteiger partial charge in [0.15, 0.2) is 0 Å². The van der Waals surface area contributed by atoms with E-state index in [0.29, 0.717) is 17.4 Å². The zero-order valence-corrected chi connectivity index (χ0v) is 22.9. The van der Waals surface area contributed by atoms with Crippen molar-refractivity contribution in [1.29, 1.82) is 0 Å². The first-order valence-electron chi connectivity index (χ1n) is 13.5. The zero-order chi connectivity index (χ0) is 26.8. The molecule has 0 spiro atoms. The van der Waals surface area contributed by atoms with Gasteiger partial charge in [-0.15, -0.1) is 0 Å². The Morgan fingerprint density at radius 1 is 0.838 bits per heavy atom. The van der Waals surface area contributed by atoms with Crippen LogP contribution in [0.2, 0.25) is 0 Å². The molecule has 6 heteroatoms. The smallest absolute Gasteiger partial charge is 0.311 e. The maximum Gasteiger partial charge on any atom is 0.311 e. The molecule has 2 saturated carbocycles. The molecule has 6 nitrogen and oxygen atoms in total. The number of methoxy groups -OCH3 is 1. The first kappa shape index (κ1) is 25.7. The third-order valence-corrected chi connectivity index (χ3v) is 10.1. The molecule has 37 heavy (non-hydrogen) atoms. The zero-order valence-electron chi connectivity index (χ0n) is 22.9. The van der Waals surface area contributed by atoms with Crippen molar-refractivity contribution in [1.82, 2.24) is 0 Å². The van der Waals surface area contributed by atoms with E-state index in [0.717, 1.165) is 55.7 Å². The highest BCUT2D eigenvalue weighted by molar-refractivity contribution is 5.97. The van der Waals surface area contributed by atoms with E-state index in [2.05, 4.69) is 32.9 Å². The van der Waals surface area contributed by atoms with E-state index in [1.807, 2.05) is 0 Å². The highest BCUT2D eigenvalue weighted by Gasteiger charge is 2.62. The van der Waals surface area contributed by atoms with Gasteiger partial charge >= 0.3 is 17.9 Å². The van der Waals surface area contributed by atoms with E-state index < -0.39 is 5.41 Å². The van der Waals surface area contributed by atoms with Crippen LogP contribution >= 0.6 is 0 Å². The Morgan fingerprint density at radius 2 is 1.46 bits per heavy atom. The molecule has 0 saturated heterocycles. The van der Waals surface area contributed by atoms with Gasteiger partial charge in [-0.1, -0.05) is 20.3 Å². The van der Waals surface area contributed by atoms with Gasteiger partial charge in [0.05, 0.1) is 12.5 Å². The lowest BCUT2D eigenvalue weighted by atomic mass is 9.40. The highest BCUT2D eigenvalue weighted by atomic mass is 16.5. The summed E-state index contributed by atoms with van der Waals surface area (Å²) in [6.07, 6.45) is 6.94. The first-order chi connectivity index (χ1) is 17.4. The Balaban J connectivity index is 1.65. The lowest BCUT2D eigenvalue weighted by molar-refractivity contribution is -0.175. The van der Waals surface area contributed by atoms with Gasteiger partial charge < -0.3 is 14.2 Å². The van der Waals surface area contributed by atoms with Crippen molar-refractivity contribution in [3.63, 3.8) is 0 Å². The molecule has 2 aromatic rings. The van der Waals surface area contributed by atoms with Gasteiger partial charge in [-0.05, 0) is 104 Å². The molecule has 3 aliphatic carbocycles. The quantitative estimate of drug-likeness (QED) is 0.360. The molecule has 198 valence electrons. The Hall–Kier alpha value is -2.89. The van der Waals surface area contributed by atoms with Gasteiger partial charge in [0.25, 0.3) is 0 Å². The van der Waals surface area contributed by atoms with Gasteiger partial charge in [0, 0.05) is 24.6 Å². The van der Waals surface area contributed by atoms with Crippen LogP contribution in [0.4, 0.5) is 0 Å². The Bertz CT molecular complexity index is 1300. The number of ether oxygens (including phenoxy) is 3. The Morgan fingerprint density at radius 3 is 2.05 bits per heavy atom. The van der Waals surface area contributed by atoms with Crippen LogP contribution in [0.1, 0.15) is 84.3 Å². The van der Waals surface area contributed by atoms with Crippen LogP contribution in [0.5, 0.6) is 11.5 Å². The van der Waals surface area contributed by atoms with E-state index in [1.165, 1.54) is 32.1 Å². The van der Waals surface area contributed by atoms with Crippen molar-refractivity contribution in [2.45, 2.75) is 85.0 Å². The molecule has 0 bridgehead atoms. The van der Waals surface area contributed by atoms with Crippen molar-refractivity contribution in [3.8, 4) is 11.5 Å². The Kier molecular flexibility index (Phi) is 6.16. The molecule has 2 aromatic carbocycles. The average molecular weight is 507 g/mol. The number of carbonyl (C=O) groups excluding carboxylic acids is 3. The van der Waals surface area contributed by atoms with Gasteiger partial charge in [-0.3, -0.25) is 14.4 Å². The lowest BCUT2D eigenvalue weighted by Gasteiger charge is -2.63. The number of fused-ring (bicyclic) bond motifs is 6. The third kappa shape index (κ3) is 3.86.